The van der Waals surface area contributed by atoms with Crippen molar-refractivity contribution in [3.8, 4) is 0 Å². The first-order chi connectivity index (χ1) is 9.25. The molecule has 0 bridgehead atoms. The highest BCUT2D eigenvalue weighted by molar-refractivity contribution is 5.67. The van der Waals surface area contributed by atoms with Crippen LogP contribution >= 0.6 is 0 Å². The van der Waals surface area contributed by atoms with E-state index in [0.717, 1.165) is 5.56 Å². The van der Waals surface area contributed by atoms with E-state index in [4.69, 9.17) is 4.74 Å². The molecule has 2 N–H and O–H groups in total. The Balaban J connectivity index is 1.67. The lowest BCUT2D eigenvalue weighted by atomic mass is 9.97. The number of hydrogen-bond donors (Lipinski definition) is 2. The second kappa shape index (κ2) is 7.09. The number of nitrogens with one attached hydrogen (secondary N) is 2. The van der Waals surface area contributed by atoms with Crippen LogP contribution in [0.1, 0.15) is 12.0 Å². The summed E-state index contributed by atoms with van der Waals surface area (Å²) in [5, 5.41) is 5.73. The van der Waals surface area contributed by atoms with E-state index in [2.05, 4.69) is 10.6 Å². The van der Waals surface area contributed by atoms with Crippen LogP contribution in [0.2, 0.25) is 0 Å². The number of hydrogen-bond acceptors (Lipinski definition) is 3. The number of carbonyl (C=O) groups excluding carboxylic acids is 1. The van der Waals surface area contributed by atoms with Crippen molar-refractivity contribution in [1.29, 1.82) is 0 Å². The fourth-order valence-electron chi connectivity index (χ4n) is 2.08. The minimum atomic E-state index is -0.851. The van der Waals surface area contributed by atoms with Gasteiger partial charge >= 0.3 is 6.09 Å². The Labute approximate surface area is 112 Å². The van der Waals surface area contributed by atoms with Gasteiger partial charge in [-0.25, -0.2) is 9.18 Å². The molecule has 5 heteroatoms. The summed E-state index contributed by atoms with van der Waals surface area (Å²) in [6, 6.07) is 9.45. The summed E-state index contributed by atoms with van der Waals surface area (Å²) in [6.45, 7) is 1.84. The fraction of sp³-hybridized carbons (Fsp3) is 0.500. The Morgan fingerprint density at radius 1 is 1.42 bits per heavy atom. The molecule has 0 spiro atoms. The molecule has 1 aromatic carbocycles. The predicted molar refractivity (Wildman–Crippen MR) is 70.5 cm³/mol. The lowest BCUT2D eigenvalue weighted by Crippen LogP contribution is -2.44. The van der Waals surface area contributed by atoms with E-state index in [0.29, 0.717) is 26.1 Å². The normalized spacial score (nSPS) is 22.8. The molecule has 1 heterocycles. The van der Waals surface area contributed by atoms with Crippen molar-refractivity contribution in [3.05, 3.63) is 35.9 Å². The van der Waals surface area contributed by atoms with Gasteiger partial charge in [-0.3, -0.25) is 0 Å². The molecule has 0 aromatic heterocycles. The molecule has 104 valence electrons. The van der Waals surface area contributed by atoms with Crippen molar-refractivity contribution in [2.75, 3.05) is 19.6 Å². The SMILES string of the molecule is O=C(NCC1CNCCC1F)OCc1ccccc1. The molecule has 1 aromatic rings. The zero-order chi connectivity index (χ0) is 13.5. The Bertz CT molecular complexity index is 400. The van der Waals surface area contributed by atoms with E-state index >= 15 is 0 Å². The monoisotopic (exact) mass is 266 g/mol. The minimum absolute atomic E-state index is 0.168. The third-order valence-corrected chi connectivity index (χ3v) is 3.24. The molecule has 2 unspecified atom stereocenters. The molecule has 0 saturated carbocycles. The molecule has 1 aliphatic heterocycles. The van der Waals surface area contributed by atoms with Crippen LogP contribution in [0, 0.1) is 5.92 Å². The summed E-state index contributed by atoms with van der Waals surface area (Å²) in [4.78, 5) is 11.5. The smallest absolute Gasteiger partial charge is 0.407 e. The van der Waals surface area contributed by atoms with E-state index in [-0.39, 0.29) is 12.5 Å². The van der Waals surface area contributed by atoms with Crippen molar-refractivity contribution in [1.82, 2.24) is 10.6 Å². The number of ether oxygens (including phenoxy) is 1. The van der Waals surface area contributed by atoms with Crippen LogP contribution < -0.4 is 10.6 Å². The molecule has 0 aliphatic carbocycles. The Morgan fingerprint density at radius 3 is 2.95 bits per heavy atom. The van der Waals surface area contributed by atoms with Gasteiger partial charge in [-0.2, -0.15) is 0 Å². The van der Waals surface area contributed by atoms with Gasteiger partial charge in [-0.15, -0.1) is 0 Å². The molecule has 2 atom stereocenters. The summed E-state index contributed by atoms with van der Waals surface area (Å²) >= 11 is 0. The average Bonchev–Trinajstić information content (AvgIpc) is 2.45. The number of piperidine rings is 1. The van der Waals surface area contributed by atoms with Gasteiger partial charge < -0.3 is 15.4 Å². The van der Waals surface area contributed by atoms with Crippen LogP contribution in [-0.2, 0) is 11.3 Å². The van der Waals surface area contributed by atoms with E-state index in [1.54, 1.807) is 0 Å². The molecule has 1 fully saturated rings. The van der Waals surface area contributed by atoms with Crippen LogP contribution in [0.15, 0.2) is 30.3 Å². The first-order valence-corrected chi connectivity index (χ1v) is 6.55. The molecule has 19 heavy (non-hydrogen) atoms. The van der Waals surface area contributed by atoms with E-state index in [9.17, 15) is 9.18 Å². The maximum absolute atomic E-state index is 13.5. The van der Waals surface area contributed by atoms with Gasteiger partial charge in [0.05, 0.1) is 0 Å². The second-order valence-corrected chi connectivity index (χ2v) is 4.71. The first kappa shape index (κ1) is 13.8. The lowest BCUT2D eigenvalue weighted by Gasteiger charge is -2.26. The number of benzene rings is 1. The largest absolute Gasteiger partial charge is 0.445 e. The summed E-state index contributed by atoms with van der Waals surface area (Å²) in [5.41, 5.74) is 0.931. The van der Waals surface area contributed by atoms with Gasteiger partial charge in [0.1, 0.15) is 12.8 Å². The highest BCUT2D eigenvalue weighted by atomic mass is 19.1. The number of rotatable bonds is 4. The maximum Gasteiger partial charge on any atom is 0.407 e. The van der Waals surface area contributed by atoms with Crippen LogP contribution in [0.3, 0.4) is 0 Å². The van der Waals surface area contributed by atoms with Gasteiger partial charge in [-0.05, 0) is 18.5 Å². The summed E-state index contributed by atoms with van der Waals surface area (Å²) in [5.74, 6) is -0.168. The maximum atomic E-state index is 13.5. The zero-order valence-electron chi connectivity index (χ0n) is 10.8. The summed E-state index contributed by atoms with van der Waals surface area (Å²) < 4.78 is 18.6. The first-order valence-electron chi connectivity index (χ1n) is 6.55. The number of carbonyl (C=O) groups is 1. The minimum Gasteiger partial charge on any atom is -0.445 e. The quantitative estimate of drug-likeness (QED) is 0.874. The van der Waals surface area contributed by atoms with Crippen molar-refractivity contribution in [2.24, 2.45) is 5.92 Å². The molecule has 4 nitrogen and oxygen atoms in total. The predicted octanol–water partition coefficient (Wildman–Crippen LogP) is 1.86. The molecular formula is C14H19FN2O2. The van der Waals surface area contributed by atoms with Gasteiger partial charge in [0.2, 0.25) is 0 Å². The number of alkyl halides is 1. The van der Waals surface area contributed by atoms with Gasteiger partial charge in [0, 0.05) is 19.0 Å². The molecular weight excluding hydrogens is 247 g/mol. The summed E-state index contributed by atoms with van der Waals surface area (Å²) in [7, 11) is 0. The molecule has 2 rings (SSSR count). The van der Waals surface area contributed by atoms with Crippen LogP contribution in [0.5, 0.6) is 0 Å². The van der Waals surface area contributed by atoms with Crippen molar-refractivity contribution in [3.63, 3.8) is 0 Å². The average molecular weight is 266 g/mol. The lowest BCUT2D eigenvalue weighted by molar-refractivity contribution is 0.129. The third kappa shape index (κ3) is 4.52. The highest BCUT2D eigenvalue weighted by Crippen LogP contribution is 2.14. The van der Waals surface area contributed by atoms with Crippen molar-refractivity contribution in [2.45, 2.75) is 19.2 Å². The Hall–Kier alpha value is -1.62. The molecule has 1 aliphatic rings. The van der Waals surface area contributed by atoms with Gasteiger partial charge in [0.15, 0.2) is 0 Å². The van der Waals surface area contributed by atoms with Crippen LogP contribution in [0.25, 0.3) is 0 Å². The Morgan fingerprint density at radius 2 is 2.21 bits per heavy atom. The van der Waals surface area contributed by atoms with Crippen molar-refractivity contribution < 1.29 is 13.9 Å². The topological polar surface area (TPSA) is 50.4 Å². The zero-order valence-corrected chi connectivity index (χ0v) is 10.8. The second-order valence-electron chi connectivity index (χ2n) is 4.71. The van der Waals surface area contributed by atoms with Crippen molar-refractivity contribution >= 4 is 6.09 Å². The fourth-order valence-corrected chi connectivity index (χ4v) is 2.08. The molecule has 1 amide bonds. The Kier molecular flexibility index (Phi) is 5.15. The van der Waals surface area contributed by atoms with Gasteiger partial charge in [0.25, 0.3) is 0 Å². The van der Waals surface area contributed by atoms with Crippen LogP contribution in [-0.4, -0.2) is 31.9 Å². The number of alkyl carbamates (subject to hydrolysis) is 1. The number of halogens is 1. The summed E-state index contributed by atoms with van der Waals surface area (Å²) in [6.07, 6.45) is -0.844. The van der Waals surface area contributed by atoms with Gasteiger partial charge in [-0.1, -0.05) is 30.3 Å². The van der Waals surface area contributed by atoms with E-state index in [1.807, 2.05) is 30.3 Å². The standard InChI is InChI=1S/C14H19FN2O2/c15-13-6-7-16-8-12(13)9-17-14(18)19-10-11-4-2-1-3-5-11/h1-5,12-13,16H,6-10H2,(H,17,18). The number of amides is 1. The third-order valence-electron chi connectivity index (χ3n) is 3.24. The molecule has 0 radical (unpaired) electrons. The van der Waals surface area contributed by atoms with E-state index in [1.165, 1.54) is 0 Å². The van der Waals surface area contributed by atoms with E-state index < -0.39 is 12.3 Å². The highest BCUT2D eigenvalue weighted by Gasteiger charge is 2.24. The molecule has 1 saturated heterocycles. The van der Waals surface area contributed by atoms with Crippen LogP contribution in [0.4, 0.5) is 9.18 Å².